The van der Waals surface area contributed by atoms with Crippen molar-refractivity contribution in [2.75, 3.05) is 31.1 Å². The van der Waals surface area contributed by atoms with E-state index in [0.717, 1.165) is 12.3 Å². The van der Waals surface area contributed by atoms with Crippen LogP contribution >= 0.6 is 11.8 Å². The number of rotatable bonds is 7. The third-order valence-electron chi connectivity index (χ3n) is 3.88. The first-order valence-corrected chi connectivity index (χ1v) is 8.90. The molecule has 0 saturated carbocycles. The maximum absolute atomic E-state index is 12.0. The highest BCUT2D eigenvalue weighted by Crippen LogP contribution is 2.15. The maximum atomic E-state index is 12.0. The molecule has 1 aromatic carbocycles. The van der Waals surface area contributed by atoms with Gasteiger partial charge in [-0.15, -0.1) is 0 Å². The Balaban J connectivity index is 1.69. The van der Waals surface area contributed by atoms with Gasteiger partial charge in [0.15, 0.2) is 5.78 Å². The van der Waals surface area contributed by atoms with Crippen LogP contribution in [0.3, 0.4) is 0 Å². The maximum Gasteiger partial charge on any atom is 0.269 e. The van der Waals surface area contributed by atoms with Gasteiger partial charge in [-0.25, -0.2) is 0 Å². The molecule has 1 heterocycles. The lowest BCUT2D eigenvalue weighted by Crippen LogP contribution is -2.27. The Kier molecular flexibility index (Phi) is 6.86. The van der Waals surface area contributed by atoms with Crippen molar-refractivity contribution in [3.05, 3.63) is 39.9 Å². The van der Waals surface area contributed by atoms with Crippen molar-refractivity contribution in [2.45, 2.75) is 25.7 Å². The predicted molar refractivity (Wildman–Crippen MR) is 89.7 cm³/mol. The highest BCUT2D eigenvalue weighted by molar-refractivity contribution is 8.00. The molecule has 0 N–H and O–H groups in total. The third-order valence-corrected chi connectivity index (χ3v) is 4.82. The van der Waals surface area contributed by atoms with Gasteiger partial charge < -0.3 is 4.90 Å². The van der Waals surface area contributed by atoms with Crippen molar-refractivity contribution >= 4 is 23.2 Å². The molecular formula is C16H22N2O3S. The van der Waals surface area contributed by atoms with Crippen LogP contribution in [0.4, 0.5) is 5.69 Å². The second-order valence-corrected chi connectivity index (χ2v) is 6.64. The second kappa shape index (κ2) is 8.90. The zero-order valence-corrected chi connectivity index (χ0v) is 13.5. The number of carbonyl (C=O) groups is 1. The summed E-state index contributed by atoms with van der Waals surface area (Å²) in [5.74, 6) is 1.43. The summed E-state index contributed by atoms with van der Waals surface area (Å²) in [6, 6.07) is 5.84. The van der Waals surface area contributed by atoms with E-state index in [1.807, 2.05) is 0 Å². The summed E-state index contributed by atoms with van der Waals surface area (Å²) >= 11 is 1.64. The summed E-state index contributed by atoms with van der Waals surface area (Å²) in [7, 11) is 0. The van der Waals surface area contributed by atoms with Crippen molar-refractivity contribution < 1.29 is 9.72 Å². The number of likely N-dealkylation sites (tertiary alicyclic amines) is 1. The van der Waals surface area contributed by atoms with E-state index in [1.165, 1.54) is 63.0 Å². The lowest BCUT2D eigenvalue weighted by atomic mass is 10.1. The molecule has 0 atom stereocenters. The molecule has 0 aliphatic carbocycles. The van der Waals surface area contributed by atoms with E-state index in [0.29, 0.717) is 11.3 Å². The van der Waals surface area contributed by atoms with Crippen LogP contribution in [0, 0.1) is 10.1 Å². The van der Waals surface area contributed by atoms with Gasteiger partial charge in [0.05, 0.1) is 10.7 Å². The quantitative estimate of drug-likeness (QED) is 0.333. The molecule has 0 radical (unpaired) electrons. The molecule has 1 saturated heterocycles. The number of ketones is 1. The second-order valence-electron chi connectivity index (χ2n) is 5.54. The molecule has 0 unspecified atom stereocenters. The Bertz CT molecular complexity index is 497. The summed E-state index contributed by atoms with van der Waals surface area (Å²) < 4.78 is 0. The molecule has 1 aliphatic heterocycles. The van der Waals surface area contributed by atoms with Crippen LogP contribution in [0.2, 0.25) is 0 Å². The van der Waals surface area contributed by atoms with E-state index in [1.54, 1.807) is 11.8 Å². The number of thioether (sulfide) groups is 1. The van der Waals surface area contributed by atoms with Gasteiger partial charge in [-0.1, -0.05) is 12.8 Å². The molecule has 0 spiro atoms. The minimum Gasteiger partial charge on any atom is -0.303 e. The van der Waals surface area contributed by atoms with Crippen LogP contribution < -0.4 is 0 Å². The van der Waals surface area contributed by atoms with E-state index in [9.17, 15) is 14.9 Å². The van der Waals surface area contributed by atoms with Crippen molar-refractivity contribution in [1.82, 2.24) is 4.90 Å². The molecule has 0 bridgehead atoms. The van der Waals surface area contributed by atoms with Crippen LogP contribution in [-0.4, -0.2) is 46.7 Å². The van der Waals surface area contributed by atoms with E-state index in [-0.39, 0.29) is 11.5 Å². The smallest absolute Gasteiger partial charge is 0.269 e. The highest BCUT2D eigenvalue weighted by atomic mass is 32.2. The first kappa shape index (κ1) is 17.0. The summed E-state index contributed by atoms with van der Waals surface area (Å²) in [4.78, 5) is 24.6. The highest BCUT2D eigenvalue weighted by Gasteiger charge is 2.11. The first-order chi connectivity index (χ1) is 10.7. The minimum atomic E-state index is -0.454. The summed E-state index contributed by atoms with van der Waals surface area (Å²) in [6.45, 7) is 3.39. The third kappa shape index (κ3) is 5.42. The van der Waals surface area contributed by atoms with Crippen LogP contribution in [-0.2, 0) is 0 Å². The molecule has 1 aliphatic rings. The topological polar surface area (TPSA) is 63.5 Å². The standard InChI is InChI=1S/C16H22N2O3S/c19-16(14-5-7-15(8-6-14)18(20)21)13-22-12-11-17-9-3-1-2-4-10-17/h5-8H,1-4,9-13H2. The van der Waals surface area contributed by atoms with Crippen LogP contribution in [0.1, 0.15) is 36.0 Å². The number of nitrogens with zero attached hydrogens (tertiary/aromatic N) is 2. The molecule has 22 heavy (non-hydrogen) atoms. The number of Topliss-reactive ketones (excluding diaryl/α,β-unsaturated/α-hetero) is 1. The number of carbonyl (C=O) groups excluding carboxylic acids is 1. The predicted octanol–water partition coefficient (Wildman–Crippen LogP) is 3.39. The average Bonchev–Trinajstić information content (AvgIpc) is 2.80. The van der Waals surface area contributed by atoms with Gasteiger partial charge in [-0.2, -0.15) is 11.8 Å². The van der Waals surface area contributed by atoms with Crippen LogP contribution in [0.15, 0.2) is 24.3 Å². The monoisotopic (exact) mass is 322 g/mol. The SMILES string of the molecule is O=C(CSCCN1CCCCCC1)c1ccc([N+](=O)[O-])cc1. The van der Waals surface area contributed by atoms with Gasteiger partial charge in [0, 0.05) is 30.0 Å². The molecule has 0 aromatic heterocycles. The largest absolute Gasteiger partial charge is 0.303 e. The van der Waals surface area contributed by atoms with E-state index >= 15 is 0 Å². The molecule has 0 amide bonds. The molecule has 6 heteroatoms. The molecular weight excluding hydrogens is 300 g/mol. The Morgan fingerprint density at radius 1 is 1.14 bits per heavy atom. The van der Waals surface area contributed by atoms with Gasteiger partial charge in [-0.3, -0.25) is 14.9 Å². The van der Waals surface area contributed by atoms with Gasteiger partial charge >= 0.3 is 0 Å². The van der Waals surface area contributed by atoms with Gasteiger partial charge in [-0.05, 0) is 38.1 Å². The number of hydrogen-bond acceptors (Lipinski definition) is 5. The summed E-state index contributed by atoms with van der Waals surface area (Å²) in [5.41, 5.74) is 0.568. The molecule has 120 valence electrons. The van der Waals surface area contributed by atoms with Crippen molar-refractivity contribution in [1.29, 1.82) is 0 Å². The number of benzene rings is 1. The molecule has 1 fully saturated rings. The normalized spacial score (nSPS) is 16.2. The molecule has 1 aromatic rings. The fourth-order valence-corrected chi connectivity index (χ4v) is 3.45. The first-order valence-electron chi connectivity index (χ1n) is 7.74. The number of hydrogen-bond donors (Lipinski definition) is 0. The average molecular weight is 322 g/mol. The van der Waals surface area contributed by atoms with E-state index in [4.69, 9.17) is 0 Å². The number of nitro benzene ring substituents is 1. The summed E-state index contributed by atoms with van der Waals surface area (Å²) in [5, 5.41) is 10.6. The van der Waals surface area contributed by atoms with E-state index < -0.39 is 4.92 Å². The zero-order valence-electron chi connectivity index (χ0n) is 12.7. The fourth-order valence-electron chi connectivity index (χ4n) is 2.57. The van der Waals surface area contributed by atoms with Crippen LogP contribution in [0.25, 0.3) is 0 Å². The van der Waals surface area contributed by atoms with Gasteiger partial charge in [0.2, 0.25) is 0 Å². The van der Waals surface area contributed by atoms with Crippen LogP contribution in [0.5, 0.6) is 0 Å². The number of non-ortho nitro benzene ring substituents is 1. The fraction of sp³-hybridized carbons (Fsp3) is 0.562. The lowest BCUT2D eigenvalue weighted by molar-refractivity contribution is -0.384. The Hall–Kier alpha value is -1.40. The Morgan fingerprint density at radius 2 is 1.77 bits per heavy atom. The number of nitro groups is 1. The lowest BCUT2D eigenvalue weighted by Gasteiger charge is -2.19. The van der Waals surface area contributed by atoms with Crippen molar-refractivity contribution in [2.24, 2.45) is 0 Å². The van der Waals surface area contributed by atoms with Gasteiger partial charge in [0.1, 0.15) is 0 Å². The summed E-state index contributed by atoms with van der Waals surface area (Å²) in [6.07, 6.45) is 5.24. The molecule has 5 nitrogen and oxygen atoms in total. The van der Waals surface area contributed by atoms with Gasteiger partial charge in [0.25, 0.3) is 5.69 Å². The minimum absolute atomic E-state index is 0.0189. The zero-order chi connectivity index (χ0) is 15.8. The van der Waals surface area contributed by atoms with Crippen molar-refractivity contribution in [3.63, 3.8) is 0 Å². The Labute approximate surface area is 135 Å². The van der Waals surface area contributed by atoms with E-state index in [2.05, 4.69) is 4.90 Å². The van der Waals surface area contributed by atoms with Crippen molar-refractivity contribution in [3.8, 4) is 0 Å². The Morgan fingerprint density at radius 3 is 2.36 bits per heavy atom. The molecule has 2 rings (SSSR count).